The molecule has 0 aliphatic rings. The van der Waals surface area contributed by atoms with Crippen LogP contribution in [0, 0.1) is 0 Å². The maximum absolute atomic E-state index is 6.09. The van der Waals surface area contributed by atoms with E-state index in [0.717, 1.165) is 26.9 Å². The molecule has 0 atom stereocenters. The quantitative estimate of drug-likeness (QED) is 0.466. The third-order valence-electron chi connectivity index (χ3n) is 3.50. The summed E-state index contributed by atoms with van der Waals surface area (Å²) in [7, 11) is 0. The summed E-state index contributed by atoms with van der Waals surface area (Å²) in [4.78, 5) is 0.736. The van der Waals surface area contributed by atoms with Gasteiger partial charge in [0.25, 0.3) is 0 Å². The SMILES string of the molecule is Clc1ccc(Cc2nnc3sc(-c4ccc(Cl)c(Cl)c4)nn23)cc1. The molecule has 0 amide bonds. The van der Waals surface area contributed by atoms with Gasteiger partial charge in [0.2, 0.25) is 4.96 Å². The molecule has 0 aliphatic heterocycles. The first kappa shape index (κ1) is 15.8. The highest BCUT2D eigenvalue weighted by Gasteiger charge is 2.14. The highest BCUT2D eigenvalue weighted by atomic mass is 35.5. The molecule has 0 saturated heterocycles. The van der Waals surface area contributed by atoms with Crippen LogP contribution in [0.15, 0.2) is 42.5 Å². The van der Waals surface area contributed by atoms with Gasteiger partial charge in [0.1, 0.15) is 5.01 Å². The minimum absolute atomic E-state index is 0.501. The second-order valence-electron chi connectivity index (χ2n) is 5.15. The van der Waals surface area contributed by atoms with Gasteiger partial charge in [0, 0.05) is 17.0 Å². The van der Waals surface area contributed by atoms with Crippen LogP contribution in [0.5, 0.6) is 0 Å². The Bertz CT molecular complexity index is 1020. The van der Waals surface area contributed by atoms with E-state index < -0.39 is 0 Å². The van der Waals surface area contributed by atoms with Gasteiger partial charge in [-0.15, -0.1) is 10.2 Å². The van der Waals surface area contributed by atoms with Crippen molar-refractivity contribution in [2.45, 2.75) is 6.42 Å². The van der Waals surface area contributed by atoms with Crippen molar-refractivity contribution in [3.05, 3.63) is 68.9 Å². The molecule has 0 N–H and O–H groups in total. The zero-order valence-electron chi connectivity index (χ0n) is 12.1. The Labute approximate surface area is 156 Å². The zero-order valence-corrected chi connectivity index (χ0v) is 15.2. The van der Waals surface area contributed by atoms with E-state index >= 15 is 0 Å². The van der Waals surface area contributed by atoms with E-state index in [1.807, 2.05) is 30.3 Å². The van der Waals surface area contributed by atoms with E-state index in [9.17, 15) is 0 Å². The number of hydrogen-bond donors (Lipinski definition) is 0. The summed E-state index contributed by atoms with van der Waals surface area (Å²) in [5.74, 6) is 0.773. The third kappa shape index (κ3) is 3.00. The molecule has 24 heavy (non-hydrogen) atoms. The standard InChI is InChI=1S/C16H9Cl3N4S/c17-11-4-1-9(2-5-11)7-14-20-21-16-23(14)22-15(24-16)10-3-6-12(18)13(19)8-10/h1-6,8H,7H2. The summed E-state index contributed by atoms with van der Waals surface area (Å²) in [6.45, 7) is 0. The van der Waals surface area contributed by atoms with Crippen LogP contribution in [0.2, 0.25) is 15.1 Å². The lowest BCUT2D eigenvalue weighted by molar-refractivity contribution is 0.854. The molecule has 0 fully saturated rings. The zero-order chi connectivity index (χ0) is 16.7. The molecule has 2 heterocycles. The monoisotopic (exact) mass is 394 g/mol. The fourth-order valence-electron chi connectivity index (χ4n) is 2.30. The summed E-state index contributed by atoms with van der Waals surface area (Å²) in [5, 5.41) is 15.6. The lowest BCUT2D eigenvalue weighted by Gasteiger charge is -2.00. The predicted molar refractivity (Wildman–Crippen MR) is 98.4 cm³/mol. The number of aromatic nitrogens is 4. The van der Waals surface area contributed by atoms with Gasteiger partial charge in [-0.2, -0.15) is 9.61 Å². The van der Waals surface area contributed by atoms with Crippen LogP contribution >= 0.6 is 46.1 Å². The first-order valence-electron chi connectivity index (χ1n) is 7.01. The van der Waals surface area contributed by atoms with Crippen LogP contribution in [-0.2, 0) is 6.42 Å². The number of fused-ring (bicyclic) bond motifs is 1. The van der Waals surface area contributed by atoms with Crippen molar-refractivity contribution in [3.63, 3.8) is 0 Å². The highest BCUT2D eigenvalue weighted by Crippen LogP contribution is 2.31. The van der Waals surface area contributed by atoms with E-state index in [1.165, 1.54) is 11.3 Å². The maximum Gasteiger partial charge on any atom is 0.234 e. The number of hydrogen-bond acceptors (Lipinski definition) is 4. The van der Waals surface area contributed by atoms with Crippen molar-refractivity contribution in [2.75, 3.05) is 0 Å². The summed E-state index contributed by atoms with van der Waals surface area (Å²) < 4.78 is 1.76. The molecule has 0 unspecified atom stereocenters. The Morgan fingerprint density at radius 3 is 2.46 bits per heavy atom. The smallest absolute Gasteiger partial charge is 0.187 e. The molecule has 120 valence electrons. The van der Waals surface area contributed by atoms with Crippen molar-refractivity contribution in [2.24, 2.45) is 0 Å². The molecule has 0 bridgehead atoms. The number of rotatable bonds is 3. The number of halogens is 3. The van der Waals surface area contributed by atoms with Gasteiger partial charge in [0.15, 0.2) is 5.82 Å². The molecule has 0 spiro atoms. The first-order valence-corrected chi connectivity index (χ1v) is 8.96. The molecule has 0 saturated carbocycles. The van der Waals surface area contributed by atoms with E-state index in [2.05, 4.69) is 15.3 Å². The second-order valence-corrected chi connectivity index (χ2v) is 7.36. The van der Waals surface area contributed by atoms with Gasteiger partial charge in [-0.3, -0.25) is 0 Å². The number of nitrogens with zero attached hydrogens (tertiary/aromatic N) is 4. The van der Waals surface area contributed by atoms with Gasteiger partial charge < -0.3 is 0 Å². The summed E-state index contributed by atoms with van der Waals surface area (Å²) in [6.07, 6.45) is 0.628. The summed E-state index contributed by atoms with van der Waals surface area (Å²) in [6, 6.07) is 13.1. The summed E-state index contributed by atoms with van der Waals surface area (Å²) in [5.41, 5.74) is 2.00. The summed E-state index contributed by atoms with van der Waals surface area (Å²) >= 11 is 19.4. The van der Waals surface area contributed by atoms with Crippen molar-refractivity contribution < 1.29 is 0 Å². The topological polar surface area (TPSA) is 43.1 Å². The van der Waals surface area contributed by atoms with Crippen LogP contribution in [0.3, 0.4) is 0 Å². The lowest BCUT2D eigenvalue weighted by atomic mass is 10.1. The lowest BCUT2D eigenvalue weighted by Crippen LogP contribution is -1.97. The minimum atomic E-state index is 0.501. The molecular formula is C16H9Cl3N4S. The Kier molecular flexibility index (Phi) is 4.18. The Hall–Kier alpha value is -1.66. The van der Waals surface area contributed by atoms with Gasteiger partial charge in [-0.25, -0.2) is 0 Å². The molecular weight excluding hydrogens is 387 g/mol. The van der Waals surface area contributed by atoms with Gasteiger partial charge in [-0.05, 0) is 29.8 Å². The minimum Gasteiger partial charge on any atom is -0.187 e. The van der Waals surface area contributed by atoms with E-state index in [4.69, 9.17) is 34.8 Å². The first-order chi connectivity index (χ1) is 11.6. The van der Waals surface area contributed by atoms with Gasteiger partial charge in [0.05, 0.1) is 10.0 Å². The Balaban J connectivity index is 1.70. The molecule has 2 aromatic carbocycles. The second kappa shape index (κ2) is 6.33. The van der Waals surface area contributed by atoms with Crippen LogP contribution in [0.1, 0.15) is 11.4 Å². The Morgan fingerprint density at radius 2 is 1.71 bits per heavy atom. The fraction of sp³-hybridized carbons (Fsp3) is 0.0625. The van der Waals surface area contributed by atoms with Crippen LogP contribution in [-0.4, -0.2) is 19.8 Å². The van der Waals surface area contributed by atoms with Crippen molar-refractivity contribution in [3.8, 4) is 10.6 Å². The van der Waals surface area contributed by atoms with Crippen LogP contribution < -0.4 is 0 Å². The van der Waals surface area contributed by atoms with Crippen molar-refractivity contribution in [1.29, 1.82) is 0 Å². The van der Waals surface area contributed by atoms with Gasteiger partial charge in [-0.1, -0.05) is 64.3 Å². The Morgan fingerprint density at radius 1 is 0.917 bits per heavy atom. The average Bonchev–Trinajstić information content (AvgIpc) is 3.14. The molecule has 4 rings (SSSR count). The van der Waals surface area contributed by atoms with Gasteiger partial charge >= 0.3 is 0 Å². The number of benzene rings is 2. The van der Waals surface area contributed by atoms with Crippen molar-refractivity contribution >= 4 is 51.1 Å². The maximum atomic E-state index is 6.09. The normalized spacial score (nSPS) is 11.3. The van der Waals surface area contributed by atoms with E-state index in [-0.39, 0.29) is 0 Å². The molecule has 0 aliphatic carbocycles. The van der Waals surface area contributed by atoms with E-state index in [0.29, 0.717) is 21.5 Å². The average molecular weight is 396 g/mol. The fourth-order valence-corrected chi connectivity index (χ4v) is 3.58. The largest absolute Gasteiger partial charge is 0.234 e. The van der Waals surface area contributed by atoms with Crippen LogP contribution in [0.25, 0.3) is 15.5 Å². The third-order valence-corrected chi connectivity index (χ3v) is 5.44. The molecule has 4 aromatic rings. The highest BCUT2D eigenvalue weighted by molar-refractivity contribution is 7.19. The molecule has 8 heteroatoms. The predicted octanol–water partition coefficient (Wildman–Crippen LogP) is 5.40. The van der Waals surface area contributed by atoms with E-state index in [1.54, 1.807) is 16.6 Å². The van der Waals surface area contributed by atoms with Crippen molar-refractivity contribution in [1.82, 2.24) is 19.8 Å². The molecule has 2 aromatic heterocycles. The molecule has 0 radical (unpaired) electrons. The molecule has 4 nitrogen and oxygen atoms in total. The van der Waals surface area contributed by atoms with Crippen LogP contribution in [0.4, 0.5) is 0 Å².